The molecule has 0 atom stereocenters. The molecule has 0 bridgehead atoms. The average Bonchev–Trinajstić information content (AvgIpc) is 2.77. The first kappa shape index (κ1) is 12.3. The Morgan fingerprint density at radius 3 is 2.78 bits per heavy atom. The Morgan fingerprint density at radius 1 is 1.39 bits per heavy atom. The van der Waals surface area contributed by atoms with Gasteiger partial charge in [-0.3, -0.25) is 10.1 Å². The number of hydrogen-bond acceptors (Lipinski definition) is 5. The fourth-order valence-corrected chi connectivity index (χ4v) is 2.00. The van der Waals surface area contributed by atoms with Gasteiger partial charge in [-0.25, -0.2) is 0 Å². The van der Waals surface area contributed by atoms with Crippen LogP contribution in [0.3, 0.4) is 0 Å². The fraction of sp³-hybridized carbons (Fsp3) is 0. The first-order chi connectivity index (χ1) is 8.61. The van der Waals surface area contributed by atoms with Crippen LogP contribution in [0.15, 0.2) is 44.4 Å². The number of rotatable bonds is 3. The van der Waals surface area contributed by atoms with Gasteiger partial charge in [0, 0.05) is 22.2 Å². The number of halogens is 1. The molecule has 1 N–H and O–H groups in total. The minimum Gasteiger partial charge on any atom is -0.455 e. The van der Waals surface area contributed by atoms with E-state index in [1.807, 2.05) is 0 Å². The van der Waals surface area contributed by atoms with Crippen LogP contribution < -0.4 is 0 Å². The summed E-state index contributed by atoms with van der Waals surface area (Å²) in [7, 11) is 0. The van der Waals surface area contributed by atoms with Crippen LogP contribution in [0.25, 0.3) is 11.3 Å². The van der Waals surface area contributed by atoms with Crippen LogP contribution in [0, 0.1) is 10.1 Å². The van der Waals surface area contributed by atoms with Crippen LogP contribution in [0.5, 0.6) is 0 Å². The molecule has 0 aliphatic carbocycles. The van der Waals surface area contributed by atoms with E-state index < -0.39 is 4.92 Å². The molecule has 0 fully saturated rings. The third-order valence-electron chi connectivity index (χ3n) is 2.24. The summed E-state index contributed by atoms with van der Waals surface area (Å²) in [5.41, 5.74) is 0.674. The van der Waals surface area contributed by atoms with Gasteiger partial charge in [0.15, 0.2) is 0 Å². The molecule has 1 heterocycles. The Labute approximate surface area is 110 Å². The number of non-ortho nitro benzene ring substituents is 1. The largest absolute Gasteiger partial charge is 0.455 e. The van der Waals surface area contributed by atoms with E-state index in [1.165, 1.54) is 12.1 Å². The Balaban J connectivity index is 2.41. The molecule has 92 valence electrons. The summed E-state index contributed by atoms with van der Waals surface area (Å²) < 4.78 is 5.94. The Kier molecular flexibility index (Phi) is 3.42. The molecule has 7 heteroatoms. The van der Waals surface area contributed by atoms with Crippen LogP contribution in [0.4, 0.5) is 5.69 Å². The van der Waals surface area contributed by atoms with Crippen LogP contribution in [-0.2, 0) is 0 Å². The third kappa shape index (κ3) is 2.40. The van der Waals surface area contributed by atoms with Gasteiger partial charge in [0.2, 0.25) is 0 Å². The molecule has 2 rings (SSSR count). The van der Waals surface area contributed by atoms with Crippen molar-refractivity contribution in [2.75, 3.05) is 0 Å². The number of oxime groups is 1. The smallest absolute Gasteiger partial charge is 0.270 e. The maximum absolute atomic E-state index is 10.6. The summed E-state index contributed by atoms with van der Waals surface area (Å²) in [6.07, 6.45) is 1.16. The van der Waals surface area contributed by atoms with E-state index in [9.17, 15) is 10.1 Å². The normalized spacial score (nSPS) is 10.9. The maximum Gasteiger partial charge on any atom is 0.270 e. The van der Waals surface area contributed by atoms with Crippen molar-refractivity contribution in [2.45, 2.75) is 0 Å². The van der Waals surface area contributed by atoms with Crippen molar-refractivity contribution in [1.29, 1.82) is 0 Å². The van der Waals surface area contributed by atoms with Gasteiger partial charge in [0.1, 0.15) is 17.7 Å². The number of hydrogen-bond donors (Lipinski definition) is 1. The van der Waals surface area contributed by atoms with Crippen LogP contribution in [0.2, 0.25) is 0 Å². The lowest BCUT2D eigenvalue weighted by molar-refractivity contribution is -0.384. The summed E-state index contributed by atoms with van der Waals surface area (Å²) in [6, 6.07) is 7.69. The van der Waals surface area contributed by atoms with E-state index >= 15 is 0 Å². The first-order valence-corrected chi connectivity index (χ1v) is 5.62. The molecular weight excluding hydrogens is 304 g/mol. The van der Waals surface area contributed by atoms with Gasteiger partial charge in [-0.1, -0.05) is 5.16 Å². The molecule has 0 spiro atoms. The second kappa shape index (κ2) is 5.01. The van der Waals surface area contributed by atoms with Crippen molar-refractivity contribution < 1.29 is 14.5 Å². The molecular formula is C11H7BrN2O4. The van der Waals surface area contributed by atoms with Gasteiger partial charge in [0.05, 0.1) is 4.92 Å². The molecule has 1 aromatic heterocycles. The average molecular weight is 311 g/mol. The highest BCUT2D eigenvalue weighted by atomic mass is 79.9. The van der Waals surface area contributed by atoms with Crippen molar-refractivity contribution in [3.05, 3.63) is 50.7 Å². The van der Waals surface area contributed by atoms with Gasteiger partial charge in [0.25, 0.3) is 5.69 Å². The quantitative estimate of drug-likeness (QED) is 0.407. The van der Waals surface area contributed by atoms with Gasteiger partial charge < -0.3 is 9.62 Å². The second-order valence-corrected chi connectivity index (χ2v) is 4.22. The predicted molar refractivity (Wildman–Crippen MR) is 67.9 cm³/mol. The fourth-order valence-electron chi connectivity index (χ4n) is 1.44. The lowest BCUT2D eigenvalue weighted by atomic mass is 10.1. The number of nitro benzene ring substituents is 1. The zero-order valence-electron chi connectivity index (χ0n) is 8.91. The Hall–Kier alpha value is -2.15. The standard InChI is InChI=1S/C11H7BrN2O4/c12-10-5-7(14(16)17)1-3-9(10)11-4-2-8(18-11)6-13-15/h1-6,15H/b13-6+. The van der Waals surface area contributed by atoms with E-state index in [-0.39, 0.29) is 5.69 Å². The lowest BCUT2D eigenvalue weighted by Gasteiger charge is -2.00. The van der Waals surface area contributed by atoms with E-state index in [4.69, 9.17) is 9.62 Å². The first-order valence-electron chi connectivity index (χ1n) is 4.83. The number of nitro groups is 1. The van der Waals surface area contributed by atoms with Crippen molar-refractivity contribution in [3.63, 3.8) is 0 Å². The zero-order valence-corrected chi connectivity index (χ0v) is 10.5. The Morgan fingerprint density at radius 2 is 2.17 bits per heavy atom. The van der Waals surface area contributed by atoms with Crippen molar-refractivity contribution in [3.8, 4) is 11.3 Å². The van der Waals surface area contributed by atoms with Crippen LogP contribution in [-0.4, -0.2) is 16.3 Å². The van der Waals surface area contributed by atoms with Crippen molar-refractivity contribution in [1.82, 2.24) is 0 Å². The summed E-state index contributed by atoms with van der Waals surface area (Å²) in [6.45, 7) is 0. The van der Waals surface area contributed by atoms with E-state index in [0.717, 1.165) is 6.21 Å². The van der Waals surface area contributed by atoms with E-state index in [2.05, 4.69) is 21.1 Å². The number of furan rings is 1. The monoisotopic (exact) mass is 310 g/mol. The molecule has 0 unspecified atom stereocenters. The predicted octanol–water partition coefficient (Wildman–Crippen LogP) is 3.43. The zero-order chi connectivity index (χ0) is 13.1. The molecule has 0 saturated carbocycles. The minimum absolute atomic E-state index is 0.00525. The molecule has 0 radical (unpaired) electrons. The SMILES string of the molecule is O=[N+]([O-])c1ccc(-c2ccc(/C=N/O)o2)c(Br)c1. The van der Waals surface area contributed by atoms with E-state index in [0.29, 0.717) is 21.6 Å². The molecule has 0 aliphatic rings. The number of benzene rings is 1. The highest BCUT2D eigenvalue weighted by Gasteiger charge is 2.12. The maximum atomic E-state index is 10.6. The lowest BCUT2D eigenvalue weighted by Crippen LogP contribution is -1.88. The van der Waals surface area contributed by atoms with Gasteiger partial charge in [-0.05, 0) is 34.1 Å². The number of nitrogens with zero attached hydrogens (tertiary/aromatic N) is 2. The molecule has 0 aliphatic heterocycles. The molecule has 6 nitrogen and oxygen atoms in total. The topological polar surface area (TPSA) is 88.9 Å². The third-order valence-corrected chi connectivity index (χ3v) is 2.90. The summed E-state index contributed by atoms with van der Waals surface area (Å²) in [4.78, 5) is 10.1. The molecule has 18 heavy (non-hydrogen) atoms. The highest BCUT2D eigenvalue weighted by Crippen LogP contribution is 2.32. The summed E-state index contributed by atoms with van der Waals surface area (Å²) in [5, 5.41) is 21.8. The second-order valence-electron chi connectivity index (χ2n) is 3.37. The Bertz CT molecular complexity index is 621. The van der Waals surface area contributed by atoms with Crippen molar-refractivity contribution in [2.24, 2.45) is 5.16 Å². The van der Waals surface area contributed by atoms with Crippen LogP contribution in [0.1, 0.15) is 5.76 Å². The van der Waals surface area contributed by atoms with Crippen molar-refractivity contribution >= 4 is 27.8 Å². The van der Waals surface area contributed by atoms with Gasteiger partial charge >= 0.3 is 0 Å². The van der Waals surface area contributed by atoms with E-state index in [1.54, 1.807) is 18.2 Å². The minimum atomic E-state index is -0.472. The van der Waals surface area contributed by atoms with Gasteiger partial charge in [-0.15, -0.1) is 0 Å². The molecule has 0 amide bonds. The molecule has 1 aromatic carbocycles. The summed E-state index contributed by atoms with van der Waals surface area (Å²) in [5.74, 6) is 0.907. The molecule has 2 aromatic rings. The molecule has 0 saturated heterocycles. The van der Waals surface area contributed by atoms with Crippen LogP contribution >= 0.6 is 15.9 Å². The van der Waals surface area contributed by atoms with Gasteiger partial charge in [-0.2, -0.15) is 0 Å². The highest BCUT2D eigenvalue weighted by molar-refractivity contribution is 9.10. The summed E-state index contributed by atoms with van der Waals surface area (Å²) >= 11 is 3.25.